The molecule has 3 atom stereocenters. The molecule has 0 saturated heterocycles. The molecular formula is C31H30ClNO5. The second-order valence-corrected chi connectivity index (χ2v) is 9.45. The number of ether oxygens (including phenoxy) is 1. The second kappa shape index (κ2) is 13.1. The van der Waals surface area contributed by atoms with Crippen LogP contribution in [-0.4, -0.2) is 28.0 Å². The highest BCUT2D eigenvalue weighted by molar-refractivity contribution is 6.30. The van der Waals surface area contributed by atoms with Gasteiger partial charge in [0.25, 0.3) is 0 Å². The number of rotatable bonds is 10. The molecule has 0 aromatic heterocycles. The van der Waals surface area contributed by atoms with Crippen molar-refractivity contribution in [3.8, 4) is 5.75 Å². The molecule has 0 bridgehead atoms. The van der Waals surface area contributed by atoms with Crippen LogP contribution in [0.2, 0.25) is 5.02 Å². The van der Waals surface area contributed by atoms with E-state index in [9.17, 15) is 20.1 Å². The van der Waals surface area contributed by atoms with Gasteiger partial charge in [-0.15, -0.1) is 0 Å². The van der Waals surface area contributed by atoms with E-state index in [2.05, 4.69) is 5.32 Å². The van der Waals surface area contributed by atoms with E-state index in [1.165, 1.54) is 6.07 Å². The molecule has 4 aromatic carbocycles. The highest BCUT2D eigenvalue weighted by atomic mass is 35.5. The third-order valence-corrected chi connectivity index (χ3v) is 6.76. The third kappa shape index (κ3) is 6.92. The molecule has 0 fully saturated rings. The molecule has 0 saturated carbocycles. The predicted octanol–water partition coefficient (Wildman–Crippen LogP) is 6.78. The second-order valence-electron chi connectivity index (χ2n) is 9.01. The smallest absolute Gasteiger partial charge is 0.411 e. The van der Waals surface area contributed by atoms with Gasteiger partial charge in [0.1, 0.15) is 12.4 Å². The molecule has 4 rings (SSSR count). The summed E-state index contributed by atoms with van der Waals surface area (Å²) < 4.78 is 5.25. The van der Waals surface area contributed by atoms with Crippen LogP contribution in [-0.2, 0) is 11.3 Å². The van der Waals surface area contributed by atoms with Crippen molar-refractivity contribution in [3.05, 3.63) is 130 Å². The van der Waals surface area contributed by atoms with Crippen LogP contribution in [0.15, 0.2) is 103 Å². The topological polar surface area (TPSA) is 99.0 Å². The van der Waals surface area contributed by atoms with Gasteiger partial charge in [0.2, 0.25) is 0 Å². The van der Waals surface area contributed by atoms with Crippen molar-refractivity contribution in [2.75, 3.05) is 11.9 Å². The maximum Gasteiger partial charge on any atom is 0.411 e. The summed E-state index contributed by atoms with van der Waals surface area (Å²) in [5.74, 6) is -0.918. The number of aliphatic hydroxyl groups is 2. The fourth-order valence-corrected chi connectivity index (χ4v) is 4.78. The Hall–Kier alpha value is -3.84. The number of aromatic hydroxyl groups is 1. The van der Waals surface area contributed by atoms with Crippen LogP contribution in [0.5, 0.6) is 5.75 Å². The molecular weight excluding hydrogens is 502 g/mol. The fourth-order valence-electron chi connectivity index (χ4n) is 4.65. The monoisotopic (exact) mass is 531 g/mol. The van der Waals surface area contributed by atoms with Crippen LogP contribution in [0.25, 0.3) is 0 Å². The summed E-state index contributed by atoms with van der Waals surface area (Å²) >= 11 is 6.12. The molecule has 0 aliphatic rings. The van der Waals surface area contributed by atoms with Crippen LogP contribution >= 0.6 is 11.6 Å². The number of aliphatic hydroxyl groups excluding tert-OH is 2. The highest BCUT2D eigenvalue weighted by Gasteiger charge is 2.33. The van der Waals surface area contributed by atoms with Crippen molar-refractivity contribution in [1.82, 2.24) is 0 Å². The third-order valence-electron chi connectivity index (χ3n) is 6.50. The Labute approximate surface area is 227 Å². The standard InChI is InChI=1S/C31H30ClNO5/c32-24-13-11-23(12-14-24)29(26(17-18-34)22-9-5-2-6-10-22)30(36)27-16-15-25(19-28(27)35)33-31(37)38-20-21-7-3-1-4-8-21/h1-16,19,26,29-30,34-36H,17-18,20H2,(H,33,37)/t26?,29?,30-/m1/s1. The predicted molar refractivity (Wildman–Crippen MR) is 148 cm³/mol. The Morgan fingerprint density at radius 1 is 0.868 bits per heavy atom. The van der Waals surface area contributed by atoms with E-state index < -0.39 is 18.1 Å². The van der Waals surface area contributed by atoms with Crippen molar-refractivity contribution in [1.29, 1.82) is 0 Å². The minimum absolute atomic E-state index is 0.0731. The van der Waals surface area contributed by atoms with Gasteiger partial charge in [-0.25, -0.2) is 4.79 Å². The number of halogens is 1. The average molecular weight is 532 g/mol. The van der Waals surface area contributed by atoms with Crippen LogP contribution in [0.1, 0.15) is 46.6 Å². The van der Waals surface area contributed by atoms with Crippen molar-refractivity contribution in [2.24, 2.45) is 0 Å². The lowest BCUT2D eigenvalue weighted by molar-refractivity contribution is 0.121. The molecule has 0 heterocycles. The average Bonchev–Trinajstić information content (AvgIpc) is 2.93. The number of nitrogens with one attached hydrogen (secondary N) is 1. The number of phenolic OH excluding ortho intramolecular Hbond substituents is 1. The van der Waals surface area contributed by atoms with Crippen LogP contribution < -0.4 is 5.32 Å². The summed E-state index contributed by atoms with van der Waals surface area (Å²) in [6.07, 6.45) is -1.37. The molecule has 0 spiro atoms. The van der Waals surface area contributed by atoms with Crippen LogP contribution in [0.4, 0.5) is 10.5 Å². The van der Waals surface area contributed by atoms with Crippen molar-refractivity contribution in [3.63, 3.8) is 0 Å². The number of benzene rings is 4. The van der Waals surface area contributed by atoms with Gasteiger partial charge in [-0.3, -0.25) is 5.32 Å². The van der Waals surface area contributed by atoms with E-state index in [-0.39, 0.29) is 24.9 Å². The molecule has 2 unspecified atom stereocenters. The number of hydrogen-bond acceptors (Lipinski definition) is 5. The maximum absolute atomic E-state index is 12.3. The molecule has 38 heavy (non-hydrogen) atoms. The van der Waals surface area contributed by atoms with Gasteiger partial charge in [-0.1, -0.05) is 90.5 Å². The normalized spacial score (nSPS) is 13.3. The largest absolute Gasteiger partial charge is 0.507 e. The number of anilines is 1. The highest BCUT2D eigenvalue weighted by Crippen LogP contribution is 2.46. The Morgan fingerprint density at radius 3 is 2.16 bits per heavy atom. The van der Waals surface area contributed by atoms with Crippen molar-refractivity contribution < 1.29 is 24.9 Å². The van der Waals surface area contributed by atoms with Gasteiger partial charge < -0.3 is 20.1 Å². The van der Waals surface area contributed by atoms with Crippen LogP contribution in [0, 0.1) is 0 Å². The number of amides is 1. The lowest BCUT2D eigenvalue weighted by Crippen LogP contribution is -2.21. The summed E-state index contributed by atoms with van der Waals surface area (Å²) in [4.78, 5) is 12.3. The zero-order chi connectivity index (χ0) is 26.9. The van der Waals surface area contributed by atoms with Crippen molar-refractivity contribution >= 4 is 23.4 Å². The first kappa shape index (κ1) is 27.2. The van der Waals surface area contributed by atoms with E-state index in [4.69, 9.17) is 16.3 Å². The molecule has 0 aliphatic carbocycles. The minimum Gasteiger partial charge on any atom is -0.507 e. The number of carbonyl (C=O) groups is 1. The molecule has 4 N–H and O–H groups in total. The van der Waals surface area contributed by atoms with Gasteiger partial charge in [0, 0.05) is 34.9 Å². The molecule has 6 nitrogen and oxygen atoms in total. The molecule has 1 amide bonds. The van der Waals surface area contributed by atoms with E-state index in [0.29, 0.717) is 22.7 Å². The zero-order valence-electron chi connectivity index (χ0n) is 20.7. The zero-order valence-corrected chi connectivity index (χ0v) is 21.5. The Bertz CT molecular complexity index is 1320. The molecule has 0 radical (unpaired) electrons. The molecule has 196 valence electrons. The summed E-state index contributed by atoms with van der Waals surface area (Å²) in [6.45, 7) is 0.0419. The van der Waals surface area contributed by atoms with Gasteiger partial charge >= 0.3 is 6.09 Å². The summed E-state index contributed by atoms with van der Waals surface area (Å²) in [6, 6.07) is 30.7. The quantitative estimate of drug-likeness (QED) is 0.181. The Morgan fingerprint density at radius 2 is 1.53 bits per heavy atom. The van der Waals surface area contributed by atoms with E-state index in [1.54, 1.807) is 24.3 Å². The van der Waals surface area contributed by atoms with E-state index in [0.717, 1.165) is 16.7 Å². The first-order chi connectivity index (χ1) is 18.5. The Balaban J connectivity index is 1.58. The van der Waals surface area contributed by atoms with Gasteiger partial charge in [-0.2, -0.15) is 0 Å². The summed E-state index contributed by atoms with van der Waals surface area (Å²) in [5.41, 5.74) is 3.25. The number of phenols is 1. The SMILES string of the molecule is O=C(Nc1ccc([C@@H](O)C(c2ccc(Cl)cc2)C(CCO)c2ccccc2)c(O)c1)OCc1ccccc1. The molecule has 0 aliphatic heterocycles. The van der Waals surface area contributed by atoms with Gasteiger partial charge in [0.15, 0.2) is 0 Å². The fraction of sp³-hybridized carbons (Fsp3) is 0.194. The number of hydrogen-bond donors (Lipinski definition) is 4. The Kier molecular flexibility index (Phi) is 9.38. The lowest BCUT2D eigenvalue weighted by Gasteiger charge is -2.32. The number of carbonyl (C=O) groups excluding carboxylic acids is 1. The van der Waals surface area contributed by atoms with Gasteiger partial charge in [0.05, 0.1) is 6.10 Å². The maximum atomic E-state index is 12.3. The van der Waals surface area contributed by atoms with E-state index >= 15 is 0 Å². The first-order valence-electron chi connectivity index (χ1n) is 12.4. The van der Waals surface area contributed by atoms with Crippen molar-refractivity contribution in [2.45, 2.75) is 31.0 Å². The molecule has 7 heteroatoms. The van der Waals surface area contributed by atoms with E-state index in [1.807, 2.05) is 72.8 Å². The van der Waals surface area contributed by atoms with Gasteiger partial charge in [-0.05, 0) is 47.2 Å². The summed E-state index contributed by atoms with van der Waals surface area (Å²) in [5, 5.41) is 35.6. The van der Waals surface area contributed by atoms with Crippen LogP contribution in [0.3, 0.4) is 0 Å². The lowest BCUT2D eigenvalue weighted by atomic mass is 9.74. The molecule has 4 aromatic rings. The summed E-state index contributed by atoms with van der Waals surface area (Å²) in [7, 11) is 0. The minimum atomic E-state index is -1.12. The first-order valence-corrected chi connectivity index (χ1v) is 12.7.